The minimum atomic E-state index is 0.488. The molecule has 2 aromatic rings. The molecule has 76 valence electrons. The molecule has 0 atom stereocenters. The molecule has 0 N–H and O–H groups in total. The largest absolute Gasteiger partial charge is 0.336 e. The van der Waals surface area contributed by atoms with E-state index < -0.39 is 0 Å². The molecule has 0 aliphatic heterocycles. The van der Waals surface area contributed by atoms with Crippen molar-refractivity contribution in [1.82, 2.24) is 9.97 Å². The van der Waals surface area contributed by atoms with E-state index in [1.165, 1.54) is 6.33 Å². The normalized spacial score (nSPS) is 10.0. The summed E-state index contributed by atoms with van der Waals surface area (Å²) < 4.78 is 0. The second-order valence-corrected chi connectivity index (χ2v) is 3.33. The average molecular weight is 201 g/mol. The van der Waals surface area contributed by atoms with Gasteiger partial charge in [-0.1, -0.05) is 17.3 Å². The number of hydrogen-bond donors (Lipinski definition) is 0. The first-order chi connectivity index (χ1) is 7.27. The van der Waals surface area contributed by atoms with Gasteiger partial charge in [0.2, 0.25) is 0 Å². The summed E-state index contributed by atoms with van der Waals surface area (Å²) in [5, 5.41) is 4.74. The van der Waals surface area contributed by atoms with Gasteiger partial charge in [-0.2, -0.15) is 4.98 Å². The standard InChI is InChI=1S/C11H11N3O/c1-8(2)14-15-11-9-5-3-4-6-10(9)12-7-13-11/h3-7H,1-2H3. The summed E-state index contributed by atoms with van der Waals surface area (Å²) in [7, 11) is 0. The van der Waals surface area contributed by atoms with E-state index in [0.29, 0.717) is 5.88 Å². The third-order valence-electron chi connectivity index (χ3n) is 1.82. The van der Waals surface area contributed by atoms with Gasteiger partial charge in [0.15, 0.2) is 0 Å². The van der Waals surface area contributed by atoms with Gasteiger partial charge in [-0.3, -0.25) is 0 Å². The SMILES string of the molecule is CC(C)=NOc1ncnc2ccccc12. The summed E-state index contributed by atoms with van der Waals surface area (Å²) in [5.41, 5.74) is 1.70. The molecule has 1 heterocycles. The Balaban J connectivity index is 2.47. The summed E-state index contributed by atoms with van der Waals surface area (Å²) in [4.78, 5) is 13.4. The first-order valence-electron chi connectivity index (χ1n) is 4.65. The summed E-state index contributed by atoms with van der Waals surface area (Å²) in [5.74, 6) is 0.488. The molecule has 0 aliphatic carbocycles. The predicted octanol–water partition coefficient (Wildman–Crippen LogP) is 2.40. The Hall–Kier alpha value is -1.97. The van der Waals surface area contributed by atoms with Gasteiger partial charge in [-0.25, -0.2) is 4.98 Å². The highest BCUT2D eigenvalue weighted by Crippen LogP contribution is 2.20. The van der Waals surface area contributed by atoms with Gasteiger partial charge < -0.3 is 4.84 Å². The number of fused-ring (bicyclic) bond motifs is 1. The van der Waals surface area contributed by atoms with E-state index >= 15 is 0 Å². The van der Waals surface area contributed by atoms with Crippen molar-refractivity contribution < 1.29 is 4.84 Å². The van der Waals surface area contributed by atoms with Crippen LogP contribution in [0.2, 0.25) is 0 Å². The van der Waals surface area contributed by atoms with Gasteiger partial charge in [0.1, 0.15) is 6.33 Å². The Labute approximate surface area is 87.6 Å². The van der Waals surface area contributed by atoms with Crippen molar-refractivity contribution in [2.45, 2.75) is 13.8 Å². The molecule has 1 aromatic carbocycles. The summed E-state index contributed by atoms with van der Waals surface area (Å²) in [6.07, 6.45) is 1.47. The van der Waals surface area contributed by atoms with Crippen LogP contribution in [0.5, 0.6) is 5.88 Å². The zero-order valence-corrected chi connectivity index (χ0v) is 8.64. The van der Waals surface area contributed by atoms with E-state index in [0.717, 1.165) is 16.6 Å². The predicted molar refractivity (Wildman–Crippen MR) is 58.9 cm³/mol. The van der Waals surface area contributed by atoms with Crippen molar-refractivity contribution in [3.63, 3.8) is 0 Å². The fourth-order valence-electron chi connectivity index (χ4n) is 1.19. The lowest BCUT2D eigenvalue weighted by Gasteiger charge is -2.01. The Morgan fingerprint density at radius 1 is 1.20 bits per heavy atom. The molecule has 0 fully saturated rings. The van der Waals surface area contributed by atoms with Crippen LogP contribution in [0, 0.1) is 0 Å². The van der Waals surface area contributed by atoms with E-state index in [1.807, 2.05) is 38.1 Å². The number of hydrogen-bond acceptors (Lipinski definition) is 4. The highest BCUT2D eigenvalue weighted by Gasteiger charge is 2.02. The summed E-state index contributed by atoms with van der Waals surface area (Å²) >= 11 is 0. The lowest BCUT2D eigenvalue weighted by Crippen LogP contribution is -1.93. The first-order valence-corrected chi connectivity index (χ1v) is 4.65. The molecule has 1 aromatic heterocycles. The summed E-state index contributed by atoms with van der Waals surface area (Å²) in [6, 6.07) is 7.66. The average Bonchev–Trinajstić information content (AvgIpc) is 2.26. The minimum Gasteiger partial charge on any atom is -0.336 e. The maximum absolute atomic E-state index is 5.22. The van der Waals surface area contributed by atoms with Gasteiger partial charge in [0.05, 0.1) is 16.6 Å². The van der Waals surface area contributed by atoms with Crippen LogP contribution in [0.4, 0.5) is 0 Å². The second-order valence-electron chi connectivity index (χ2n) is 3.33. The highest BCUT2D eigenvalue weighted by atomic mass is 16.6. The van der Waals surface area contributed by atoms with Gasteiger partial charge in [-0.15, -0.1) is 0 Å². The number of para-hydroxylation sites is 1. The molecule has 0 spiro atoms. The lowest BCUT2D eigenvalue weighted by molar-refractivity contribution is 0.331. The Morgan fingerprint density at radius 2 is 2.00 bits per heavy atom. The van der Waals surface area contributed by atoms with Crippen LogP contribution in [0.1, 0.15) is 13.8 Å². The van der Waals surface area contributed by atoms with Gasteiger partial charge in [-0.05, 0) is 26.0 Å². The lowest BCUT2D eigenvalue weighted by atomic mass is 10.2. The van der Waals surface area contributed by atoms with Gasteiger partial charge >= 0.3 is 0 Å². The molecule has 0 amide bonds. The second kappa shape index (κ2) is 4.04. The molecule has 2 rings (SSSR count). The third-order valence-corrected chi connectivity index (χ3v) is 1.82. The fourth-order valence-corrected chi connectivity index (χ4v) is 1.19. The Bertz CT molecular complexity index is 499. The van der Waals surface area contributed by atoms with Crippen LogP contribution in [0.15, 0.2) is 35.7 Å². The van der Waals surface area contributed by atoms with Crippen molar-refractivity contribution in [3.05, 3.63) is 30.6 Å². The molecule has 4 nitrogen and oxygen atoms in total. The number of oxime groups is 1. The highest BCUT2D eigenvalue weighted by molar-refractivity contribution is 5.83. The monoisotopic (exact) mass is 201 g/mol. The van der Waals surface area contributed by atoms with Crippen molar-refractivity contribution in [2.75, 3.05) is 0 Å². The minimum absolute atomic E-state index is 0.488. The maximum Gasteiger partial charge on any atom is 0.259 e. The van der Waals surface area contributed by atoms with Crippen LogP contribution in [-0.2, 0) is 0 Å². The summed E-state index contributed by atoms with van der Waals surface area (Å²) in [6.45, 7) is 3.73. The van der Waals surface area contributed by atoms with Crippen molar-refractivity contribution in [2.24, 2.45) is 5.16 Å². The number of aromatic nitrogens is 2. The number of rotatable bonds is 2. The maximum atomic E-state index is 5.22. The van der Waals surface area contributed by atoms with Gasteiger partial charge in [0.25, 0.3) is 5.88 Å². The molecule has 0 saturated heterocycles. The molecule has 15 heavy (non-hydrogen) atoms. The van der Waals surface area contributed by atoms with Gasteiger partial charge in [0, 0.05) is 0 Å². The van der Waals surface area contributed by atoms with Crippen molar-refractivity contribution >= 4 is 16.6 Å². The van der Waals surface area contributed by atoms with Crippen molar-refractivity contribution in [3.8, 4) is 5.88 Å². The topological polar surface area (TPSA) is 47.4 Å². The first kappa shape index (κ1) is 9.58. The molecule has 0 unspecified atom stereocenters. The molecule has 0 saturated carbocycles. The van der Waals surface area contributed by atoms with E-state index in [1.54, 1.807) is 0 Å². The van der Waals surface area contributed by atoms with Crippen LogP contribution in [0.25, 0.3) is 10.9 Å². The number of benzene rings is 1. The van der Waals surface area contributed by atoms with E-state index in [-0.39, 0.29) is 0 Å². The van der Waals surface area contributed by atoms with Crippen LogP contribution in [0.3, 0.4) is 0 Å². The molecule has 4 heteroatoms. The van der Waals surface area contributed by atoms with Crippen molar-refractivity contribution in [1.29, 1.82) is 0 Å². The zero-order chi connectivity index (χ0) is 10.7. The van der Waals surface area contributed by atoms with E-state index in [4.69, 9.17) is 4.84 Å². The third kappa shape index (κ3) is 2.10. The Morgan fingerprint density at radius 3 is 2.80 bits per heavy atom. The zero-order valence-electron chi connectivity index (χ0n) is 8.64. The van der Waals surface area contributed by atoms with Crippen LogP contribution >= 0.6 is 0 Å². The number of nitrogens with zero attached hydrogens (tertiary/aromatic N) is 3. The van der Waals surface area contributed by atoms with Crippen LogP contribution in [-0.4, -0.2) is 15.7 Å². The fraction of sp³-hybridized carbons (Fsp3) is 0.182. The molecule has 0 radical (unpaired) electrons. The smallest absolute Gasteiger partial charge is 0.259 e. The quantitative estimate of drug-likeness (QED) is 0.553. The van der Waals surface area contributed by atoms with E-state index in [2.05, 4.69) is 15.1 Å². The molecular formula is C11H11N3O. The molecular weight excluding hydrogens is 190 g/mol. The van der Waals surface area contributed by atoms with E-state index in [9.17, 15) is 0 Å². The molecule has 0 aliphatic rings. The Kier molecular flexibility index (Phi) is 2.58. The molecule has 0 bridgehead atoms. The van der Waals surface area contributed by atoms with Crippen LogP contribution < -0.4 is 4.84 Å².